The number of halogens is 1. The van der Waals surface area contributed by atoms with Crippen molar-refractivity contribution in [2.24, 2.45) is 0 Å². The molecule has 0 saturated carbocycles. The second-order valence-electron chi connectivity index (χ2n) is 4.31. The molecule has 0 aliphatic rings. The predicted octanol–water partition coefficient (Wildman–Crippen LogP) is 2.30. The van der Waals surface area contributed by atoms with Crippen molar-refractivity contribution < 1.29 is 9.50 Å². The number of nitrogens with zero attached hydrogens (tertiary/aromatic N) is 2. The Kier molecular flexibility index (Phi) is 4.06. The van der Waals surface area contributed by atoms with Crippen LogP contribution in [0.15, 0.2) is 24.4 Å². The van der Waals surface area contributed by atoms with Crippen LogP contribution in [0.4, 0.5) is 10.3 Å². The maximum Gasteiger partial charge on any atom is 0.222 e. The molecule has 0 bridgehead atoms. The van der Waals surface area contributed by atoms with Crippen molar-refractivity contribution in [3.05, 3.63) is 41.5 Å². The highest BCUT2D eigenvalue weighted by Crippen LogP contribution is 2.24. The molecule has 0 atom stereocenters. The molecule has 5 heteroatoms. The molecule has 0 aliphatic carbocycles. The van der Waals surface area contributed by atoms with Gasteiger partial charge in [0.25, 0.3) is 0 Å². The monoisotopic (exact) mass is 261 g/mol. The maximum atomic E-state index is 13.3. The number of anilines is 1. The lowest BCUT2D eigenvalue weighted by atomic mass is 10.0. The van der Waals surface area contributed by atoms with Crippen molar-refractivity contribution in [1.82, 2.24) is 9.97 Å². The topological polar surface area (TPSA) is 58.0 Å². The summed E-state index contributed by atoms with van der Waals surface area (Å²) in [6.07, 6.45) is 1.70. The number of hydrogen-bond acceptors (Lipinski definition) is 4. The van der Waals surface area contributed by atoms with E-state index in [1.54, 1.807) is 25.3 Å². The molecule has 0 unspecified atom stereocenters. The largest absolute Gasteiger partial charge is 0.395 e. The van der Waals surface area contributed by atoms with Crippen LogP contribution < -0.4 is 5.32 Å². The van der Waals surface area contributed by atoms with Gasteiger partial charge in [0.1, 0.15) is 5.82 Å². The number of benzene rings is 1. The van der Waals surface area contributed by atoms with Crippen molar-refractivity contribution in [2.45, 2.75) is 13.8 Å². The predicted molar refractivity (Wildman–Crippen MR) is 72.5 cm³/mol. The van der Waals surface area contributed by atoms with Crippen LogP contribution >= 0.6 is 0 Å². The summed E-state index contributed by atoms with van der Waals surface area (Å²) in [5.41, 5.74) is 3.17. The number of hydrogen-bond donors (Lipinski definition) is 2. The summed E-state index contributed by atoms with van der Waals surface area (Å²) in [5, 5.41) is 11.6. The van der Waals surface area contributed by atoms with Gasteiger partial charge in [-0.15, -0.1) is 0 Å². The molecular weight excluding hydrogens is 245 g/mol. The minimum Gasteiger partial charge on any atom is -0.395 e. The Morgan fingerprint density at radius 2 is 2.11 bits per heavy atom. The van der Waals surface area contributed by atoms with Gasteiger partial charge in [0, 0.05) is 18.3 Å². The van der Waals surface area contributed by atoms with Crippen LogP contribution in [-0.4, -0.2) is 28.2 Å². The number of aryl methyl sites for hydroxylation is 2. The smallest absolute Gasteiger partial charge is 0.222 e. The zero-order valence-corrected chi connectivity index (χ0v) is 10.9. The second kappa shape index (κ2) is 5.75. The van der Waals surface area contributed by atoms with Crippen LogP contribution in [0.3, 0.4) is 0 Å². The molecule has 4 nitrogen and oxygen atoms in total. The average molecular weight is 261 g/mol. The molecule has 0 spiro atoms. The summed E-state index contributed by atoms with van der Waals surface area (Å²) in [5.74, 6) is 0.262. The van der Waals surface area contributed by atoms with E-state index in [-0.39, 0.29) is 12.4 Å². The van der Waals surface area contributed by atoms with Crippen molar-refractivity contribution in [1.29, 1.82) is 0 Å². The first-order valence-electron chi connectivity index (χ1n) is 6.06. The summed E-state index contributed by atoms with van der Waals surface area (Å²) in [4.78, 5) is 8.49. The van der Waals surface area contributed by atoms with Gasteiger partial charge in [0.05, 0.1) is 12.3 Å². The molecule has 100 valence electrons. The lowest BCUT2D eigenvalue weighted by Crippen LogP contribution is -2.09. The first-order chi connectivity index (χ1) is 9.11. The van der Waals surface area contributed by atoms with E-state index in [1.165, 1.54) is 6.07 Å². The highest BCUT2D eigenvalue weighted by molar-refractivity contribution is 5.66. The van der Waals surface area contributed by atoms with Crippen LogP contribution in [0, 0.1) is 19.7 Å². The van der Waals surface area contributed by atoms with Gasteiger partial charge in [-0.3, -0.25) is 0 Å². The molecule has 1 aromatic heterocycles. The quantitative estimate of drug-likeness (QED) is 0.886. The fourth-order valence-electron chi connectivity index (χ4n) is 1.82. The van der Waals surface area contributed by atoms with Gasteiger partial charge in [-0.25, -0.2) is 14.4 Å². The maximum absolute atomic E-state index is 13.3. The van der Waals surface area contributed by atoms with Gasteiger partial charge in [-0.05, 0) is 37.1 Å². The first-order valence-corrected chi connectivity index (χ1v) is 6.06. The molecule has 2 aromatic rings. The zero-order chi connectivity index (χ0) is 13.8. The van der Waals surface area contributed by atoms with Crippen LogP contribution in [0.2, 0.25) is 0 Å². The fourth-order valence-corrected chi connectivity index (χ4v) is 1.82. The van der Waals surface area contributed by atoms with Crippen molar-refractivity contribution in [3.63, 3.8) is 0 Å². The molecule has 19 heavy (non-hydrogen) atoms. The Bertz CT molecular complexity index is 587. The van der Waals surface area contributed by atoms with Gasteiger partial charge >= 0.3 is 0 Å². The zero-order valence-electron chi connectivity index (χ0n) is 10.9. The number of aromatic nitrogens is 2. The first kappa shape index (κ1) is 13.4. The normalized spacial score (nSPS) is 10.5. The molecule has 0 fully saturated rings. The van der Waals surface area contributed by atoms with Crippen molar-refractivity contribution in [3.8, 4) is 11.1 Å². The Labute approximate surface area is 111 Å². The van der Waals surface area contributed by atoms with Crippen LogP contribution in [0.25, 0.3) is 11.1 Å². The van der Waals surface area contributed by atoms with Crippen LogP contribution in [-0.2, 0) is 0 Å². The lowest BCUT2D eigenvalue weighted by molar-refractivity contribution is 0.311. The minimum atomic E-state index is -0.219. The molecule has 0 amide bonds. The van der Waals surface area contributed by atoms with Gasteiger partial charge in [-0.1, -0.05) is 6.07 Å². The van der Waals surface area contributed by atoms with Crippen molar-refractivity contribution >= 4 is 5.95 Å². The average Bonchev–Trinajstić information content (AvgIpc) is 2.40. The molecule has 0 saturated heterocycles. The minimum absolute atomic E-state index is 0.0291. The standard InChI is InChI=1S/C14H16FN3O/c1-9-7-11(3-4-13(9)15)12-8-17-14(16-5-6-19)18-10(12)2/h3-4,7-8,19H,5-6H2,1-2H3,(H,16,17,18). The Balaban J connectivity index is 2.32. The van der Waals surface area contributed by atoms with E-state index in [0.29, 0.717) is 18.1 Å². The molecule has 2 N–H and O–H groups in total. The highest BCUT2D eigenvalue weighted by Gasteiger charge is 2.07. The van der Waals surface area contributed by atoms with Gasteiger partial charge < -0.3 is 10.4 Å². The van der Waals surface area contributed by atoms with E-state index < -0.39 is 0 Å². The molecular formula is C14H16FN3O. The van der Waals surface area contributed by atoms with E-state index in [9.17, 15) is 4.39 Å². The lowest BCUT2D eigenvalue weighted by Gasteiger charge is -2.09. The highest BCUT2D eigenvalue weighted by atomic mass is 19.1. The third-order valence-electron chi connectivity index (χ3n) is 2.84. The van der Waals surface area contributed by atoms with Crippen molar-refractivity contribution in [2.75, 3.05) is 18.5 Å². The molecule has 0 radical (unpaired) electrons. The van der Waals surface area contributed by atoms with Gasteiger partial charge in [0.2, 0.25) is 5.95 Å². The van der Waals surface area contributed by atoms with Crippen LogP contribution in [0.5, 0.6) is 0 Å². The summed E-state index contributed by atoms with van der Waals surface area (Å²) in [6, 6.07) is 4.94. The van der Waals surface area contributed by atoms with Crippen LogP contribution in [0.1, 0.15) is 11.3 Å². The van der Waals surface area contributed by atoms with E-state index in [0.717, 1.165) is 16.8 Å². The van der Waals surface area contributed by atoms with Gasteiger partial charge in [-0.2, -0.15) is 0 Å². The number of aliphatic hydroxyl groups excluding tert-OH is 1. The fraction of sp³-hybridized carbons (Fsp3) is 0.286. The van der Waals surface area contributed by atoms with E-state index in [1.807, 2.05) is 6.92 Å². The Morgan fingerprint density at radius 3 is 2.74 bits per heavy atom. The molecule has 1 aromatic carbocycles. The Morgan fingerprint density at radius 1 is 1.32 bits per heavy atom. The second-order valence-corrected chi connectivity index (χ2v) is 4.31. The van der Waals surface area contributed by atoms with E-state index in [4.69, 9.17) is 5.11 Å². The van der Waals surface area contributed by atoms with Gasteiger partial charge in [0.15, 0.2) is 0 Å². The third-order valence-corrected chi connectivity index (χ3v) is 2.84. The summed E-state index contributed by atoms with van der Waals surface area (Å²) in [6.45, 7) is 4.04. The SMILES string of the molecule is Cc1cc(-c2cnc(NCCO)nc2C)ccc1F. The summed E-state index contributed by atoms with van der Waals surface area (Å²) in [7, 11) is 0. The number of rotatable bonds is 4. The van der Waals surface area contributed by atoms with E-state index >= 15 is 0 Å². The summed E-state index contributed by atoms with van der Waals surface area (Å²) < 4.78 is 13.3. The summed E-state index contributed by atoms with van der Waals surface area (Å²) >= 11 is 0. The number of nitrogens with one attached hydrogen (secondary N) is 1. The molecule has 1 heterocycles. The van der Waals surface area contributed by atoms with E-state index in [2.05, 4.69) is 15.3 Å². The number of aliphatic hydroxyl groups is 1. The molecule has 2 rings (SSSR count). The third kappa shape index (κ3) is 3.06. The Hall–Kier alpha value is -2.01. The molecule has 0 aliphatic heterocycles.